The molecule has 0 N–H and O–H groups in total. The van der Waals surface area contributed by atoms with Crippen molar-refractivity contribution in [1.29, 1.82) is 0 Å². The number of morpholine rings is 1. The standard InChI is InChI=1S/C19H28N4O/c1-16(21(2)3)17-4-6-18(7-5-17)19-20-8-9-23(19)11-10-22-12-14-24-15-13-22/h4-9,16H,10-15H2,1-3H3/t16-/m1/s1. The number of rotatable bonds is 6. The van der Waals surface area contributed by atoms with Crippen molar-refractivity contribution in [1.82, 2.24) is 19.4 Å². The lowest BCUT2D eigenvalue weighted by molar-refractivity contribution is 0.0364. The van der Waals surface area contributed by atoms with Crippen LogP contribution in [0.25, 0.3) is 11.4 Å². The minimum atomic E-state index is 0.417. The summed E-state index contributed by atoms with van der Waals surface area (Å²) in [6.07, 6.45) is 3.97. The minimum absolute atomic E-state index is 0.417. The fraction of sp³-hybridized carbons (Fsp3) is 0.526. The van der Waals surface area contributed by atoms with E-state index in [9.17, 15) is 0 Å². The third-order valence-corrected chi connectivity index (χ3v) is 4.90. The van der Waals surface area contributed by atoms with Crippen molar-refractivity contribution in [2.75, 3.05) is 46.9 Å². The van der Waals surface area contributed by atoms with E-state index in [1.54, 1.807) is 0 Å². The van der Waals surface area contributed by atoms with Gasteiger partial charge in [-0.25, -0.2) is 4.98 Å². The first-order valence-electron chi connectivity index (χ1n) is 8.73. The van der Waals surface area contributed by atoms with E-state index in [1.165, 1.54) is 11.1 Å². The van der Waals surface area contributed by atoms with Gasteiger partial charge >= 0.3 is 0 Å². The predicted molar refractivity (Wildman–Crippen MR) is 97.0 cm³/mol. The quantitative estimate of drug-likeness (QED) is 0.816. The molecule has 2 heterocycles. The lowest BCUT2D eigenvalue weighted by Gasteiger charge is -2.26. The average Bonchev–Trinajstić information content (AvgIpc) is 3.09. The van der Waals surface area contributed by atoms with Gasteiger partial charge in [-0.3, -0.25) is 4.90 Å². The number of benzene rings is 1. The van der Waals surface area contributed by atoms with Gasteiger partial charge in [0.15, 0.2) is 0 Å². The molecule has 1 fully saturated rings. The van der Waals surface area contributed by atoms with E-state index in [0.717, 1.165) is 45.2 Å². The largest absolute Gasteiger partial charge is 0.379 e. The van der Waals surface area contributed by atoms with Crippen LogP contribution >= 0.6 is 0 Å². The molecular weight excluding hydrogens is 300 g/mol. The molecule has 1 saturated heterocycles. The van der Waals surface area contributed by atoms with Crippen LogP contribution in [0.1, 0.15) is 18.5 Å². The van der Waals surface area contributed by atoms with Crippen molar-refractivity contribution < 1.29 is 4.74 Å². The third-order valence-electron chi connectivity index (χ3n) is 4.90. The van der Waals surface area contributed by atoms with Gasteiger partial charge in [-0.1, -0.05) is 24.3 Å². The zero-order valence-corrected chi connectivity index (χ0v) is 15.0. The maximum atomic E-state index is 5.41. The van der Waals surface area contributed by atoms with Gasteiger partial charge in [0, 0.05) is 50.2 Å². The average molecular weight is 328 g/mol. The van der Waals surface area contributed by atoms with Crippen LogP contribution in [0.15, 0.2) is 36.7 Å². The van der Waals surface area contributed by atoms with E-state index in [4.69, 9.17) is 4.74 Å². The van der Waals surface area contributed by atoms with E-state index < -0.39 is 0 Å². The Hall–Kier alpha value is -1.69. The Labute approximate surface area is 144 Å². The summed E-state index contributed by atoms with van der Waals surface area (Å²) in [6, 6.07) is 9.20. The molecule has 0 bridgehead atoms. The summed E-state index contributed by atoms with van der Waals surface area (Å²) in [5, 5.41) is 0. The Balaban J connectivity index is 1.67. The zero-order chi connectivity index (χ0) is 16.9. The number of ether oxygens (including phenoxy) is 1. The Morgan fingerprint density at radius 3 is 2.50 bits per heavy atom. The maximum absolute atomic E-state index is 5.41. The van der Waals surface area contributed by atoms with Crippen LogP contribution in [0.2, 0.25) is 0 Å². The molecule has 0 saturated carbocycles. The summed E-state index contributed by atoms with van der Waals surface area (Å²) >= 11 is 0. The van der Waals surface area contributed by atoms with Crippen LogP contribution in [0.3, 0.4) is 0 Å². The second-order valence-corrected chi connectivity index (χ2v) is 6.66. The molecule has 1 atom stereocenters. The monoisotopic (exact) mass is 328 g/mol. The third kappa shape index (κ3) is 4.04. The smallest absolute Gasteiger partial charge is 0.139 e. The number of hydrogen-bond donors (Lipinski definition) is 0. The molecule has 1 aliphatic heterocycles. The molecular formula is C19H28N4O. The van der Waals surface area contributed by atoms with E-state index in [2.05, 4.69) is 70.8 Å². The molecule has 5 heteroatoms. The first-order valence-corrected chi connectivity index (χ1v) is 8.73. The Kier molecular flexibility index (Phi) is 5.66. The molecule has 2 aromatic rings. The van der Waals surface area contributed by atoms with Crippen LogP contribution in [0.5, 0.6) is 0 Å². The molecule has 130 valence electrons. The molecule has 24 heavy (non-hydrogen) atoms. The summed E-state index contributed by atoms with van der Waals surface area (Å²) in [5.74, 6) is 1.05. The second-order valence-electron chi connectivity index (χ2n) is 6.66. The van der Waals surface area contributed by atoms with Crippen molar-refractivity contribution in [2.45, 2.75) is 19.5 Å². The second kappa shape index (κ2) is 7.92. The van der Waals surface area contributed by atoms with Gasteiger partial charge in [0.1, 0.15) is 5.82 Å². The highest BCUT2D eigenvalue weighted by atomic mass is 16.5. The maximum Gasteiger partial charge on any atom is 0.139 e. The van der Waals surface area contributed by atoms with Gasteiger partial charge in [-0.05, 0) is 26.6 Å². The Morgan fingerprint density at radius 1 is 1.12 bits per heavy atom. The molecule has 0 radical (unpaired) electrons. The van der Waals surface area contributed by atoms with E-state index >= 15 is 0 Å². The highest BCUT2D eigenvalue weighted by Crippen LogP contribution is 2.22. The van der Waals surface area contributed by atoms with Crippen molar-refractivity contribution in [3.05, 3.63) is 42.2 Å². The van der Waals surface area contributed by atoms with Crippen molar-refractivity contribution in [3.63, 3.8) is 0 Å². The van der Waals surface area contributed by atoms with Gasteiger partial charge in [-0.2, -0.15) is 0 Å². The molecule has 1 aromatic carbocycles. The van der Waals surface area contributed by atoms with Crippen LogP contribution in [-0.2, 0) is 11.3 Å². The van der Waals surface area contributed by atoms with Crippen molar-refractivity contribution >= 4 is 0 Å². The van der Waals surface area contributed by atoms with Gasteiger partial charge in [0.25, 0.3) is 0 Å². The summed E-state index contributed by atoms with van der Waals surface area (Å²) in [4.78, 5) is 9.24. The SMILES string of the molecule is C[C@H](c1ccc(-c2nccn2CCN2CCOCC2)cc1)N(C)C. The summed E-state index contributed by atoms with van der Waals surface area (Å²) in [6.45, 7) is 7.98. The number of imidazole rings is 1. The lowest BCUT2D eigenvalue weighted by Crippen LogP contribution is -2.38. The molecule has 3 rings (SSSR count). The molecule has 5 nitrogen and oxygen atoms in total. The predicted octanol–water partition coefficient (Wildman–Crippen LogP) is 2.50. The Bertz CT molecular complexity index is 629. The fourth-order valence-corrected chi connectivity index (χ4v) is 3.03. The molecule has 0 unspecified atom stereocenters. The molecule has 1 aromatic heterocycles. The first-order chi connectivity index (χ1) is 11.6. The topological polar surface area (TPSA) is 33.5 Å². The van der Waals surface area contributed by atoms with Gasteiger partial charge in [-0.15, -0.1) is 0 Å². The minimum Gasteiger partial charge on any atom is -0.379 e. The lowest BCUT2D eigenvalue weighted by atomic mass is 10.1. The van der Waals surface area contributed by atoms with Crippen LogP contribution < -0.4 is 0 Å². The van der Waals surface area contributed by atoms with E-state index in [-0.39, 0.29) is 0 Å². The summed E-state index contributed by atoms with van der Waals surface area (Å²) in [7, 11) is 4.22. The number of hydrogen-bond acceptors (Lipinski definition) is 4. The summed E-state index contributed by atoms with van der Waals surface area (Å²) in [5.41, 5.74) is 2.51. The van der Waals surface area contributed by atoms with Gasteiger partial charge < -0.3 is 14.2 Å². The molecule has 0 amide bonds. The highest BCUT2D eigenvalue weighted by molar-refractivity contribution is 5.56. The molecule has 1 aliphatic rings. The van der Waals surface area contributed by atoms with Crippen LogP contribution in [0, 0.1) is 0 Å². The van der Waals surface area contributed by atoms with E-state index in [1.807, 2.05) is 6.20 Å². The van der Waals surface area contributed by atoms with E-state index in [0.29, 0.717) is 6.04 Å². The summed E-state index contributed by atoms with van der Waals surface area (Å²) < 4.78 is 7.66. The number of aromatic nitrogens is 2. The van der Waals surface area contributed by atoms with Crippen LogP contribution in [0.4, 0.5) is 0 Å². The van der Waals surface area contributed by atoms with Crippen molar-refractivity contribution in [2.24, 2.45) is 0 Å². The number of nitrogens with zero attached hydrogens (tertiary/aromatic N) is 4. The van der Waals surface area contributed by atoms with Crippen LogP contribution in [-0.4, -0.2) is 66.3 Å². The molecule has 0 aliphatic carbocycles. The zero-order valence-electron chi connectivity index (χ0n) is 15.0. The molecule has 0 spiro atoms. The fourth-order valence-electron chi connectivity index (χ4n) is 3.03. The normalized spacial score (nSPS) is 17.3. The van der Waals surface area contributed by atoms with Crippen molar-refractivity contribution in [3.8, 4) is 11.4 Å². The van der Waals surface area contributed by atoms with Gasteiger partial charge in [0.2, 0.25) is 0 Å². The van der Waals surface area contributed by atoms with Gasteiger partial charge in [0.05, 0.1) is 13.2 Å². The highest BCUT2D eigenvalue weighted by Gasteiger charge is 2.13. The first kappa shape index (κ1) is 17.1. The Morgan fingerprint density at radius 2 is 1.83 bits per heavy atom.